The molecule has 8 nitrogen and oxygen atoms in total. The molecule has 0 saturated heterocycles. The Morgan fingerprint density at radius 1 is 1.17 bits per heavy atom. The van der Waals surface area contributed by atoms with Crippen LogP contribution in [0, 0.1) is 0 Å². The lowest BCUT2D eigenvalue weighted by atomic mass is 10.1. The van der Waals surface area contributed by atoms with Gasteiger partial charge in [-0.05, 0) is 37.5 Å². The third kappa shape index (κ3) is 5.37. The van der Waals surface area contributed by atoms with Gasteiger partial charge in [0.15, 0.2) is 0 Å². The Hall–Kier alpha value is -2.00. The zero-order valence-corrected chi connectivity index (χ0v) is 18.8. The molecule has 30 heavy (non-hydrogen) atoms. The monoisotopic (exact) mass is 435 g/mol. The van der Waals surface area contributed by atoms with Crippen LogP contribution in [0.25, 0.3) is 11.0 Å². The predicted octanol–water partition coefficient (Wildman–Crippen LogP) is 3.08. The Labute approximate surface area is 179 Å². The Bertz CT molecular complexity index is 945. The van der Waals surface area contributed by atoms with Gasteiger partial charge in [0.1, 0.15) is 5.52 Å². The first-order chi connectivity index (χ1) is 14.5. The second-order valence-corrected chi connectivity index (χ2v) is 9.85. The van der Waals surface area contributed by atoms with Crippen LogP contribution >= 0.6 is 0 Å². The van der Waals surface area contributed by atoms with Crippen molar-refractivity contribution >= 4 is 27.0 Å². The van der Waals surface area contributed by atoms with Crippen molar-refractivity contribution < 1.29 is 13.2 Å². The number of nitrogens with one attached hydrogen (secondary N) is 1. The fourth-order valence-corrected chi connectivity index (χ4v) is 5.58. The largest absolute Gasteiger partial charge is 0.353 e. The Balaban J connectivity index is 1.59. The van der Waals surface area contributed by atoms with E-state index in [-0.39, 0.29) is 10.8 Å². The molecule has 1 heterocycles. The zero-order chi connectivity index (χ0) is 21.6. The summed E-state index contributed by atoms with van der Waals surface area (Å²) in [4.78, 5) is 12.5. The summed E-state index contributed by atoms with van der Waals surface area (Å²) in [7, 11) is -3.53. The van der Waals surface area contributed by atoms with Crippen LogP contribution in [0.2, 0.25) is 0 Å². The molecule has 0 radical (unpaired) electrons. The van der Waals surface area contributed by atoms with Crippen molar-refractivity contribution in [2.45, 2.75) is 82.7 Å². The summed E-state index contributed by atoms with van der Waals surface area (Å²) in [5.41, 5.74) is 1.32. The normalized spacial score (nSPS) is 16.1. The Morgan fingerprint density at radius 2 is 1.87 bits per heavy atom. The maximum absolute atomic E-state index is 12.7. The molecule has 0 aliphatic heterocycles. The summed E-state index contributed by atoms with van der Waals surface area (Å²) in [5.74, 6) is 0.0962. The van der Waals surface area contributed by atoms with Crippen molar-refractivity contribution in [2.75, 3.05) is 13.1 Å². The number of hydrogen-bond acceptors (Lipinski definition) is 5. The molecular formula is C21H33N5O3S. The minimum atomic E-state index is -3.53. The molecule has 1 aliphatic carbocycles. The number of nitrogens with zero attached hydrogens (tertiary/aromatic N) is 4. The molecule has 1 aromatic heterocycles. The first-order valence-electron chi connectivity index (χ1n) is 11.1. The van der Waals surface area contributed by atoms with E-state index in [0.717, 1.165) is 18.4 Å². The SMILES string of the molecule is CCN(CC)S(=O)(=O)c1ccc2c(c1)nnn2CCCC(=O)NC1CCCCCC1. The van der Waals surface area contributed by atoms with Crippen LogP contribution < -0.4 is 5.32 Å². The number of aromatic nitrogens is 3. The van der Waals surface area contributed by atoms with E-state index in [4.69, 9.17) is 0 Å². The summed E-state index contributed by atoms with van der Waals surface area (Å²) in [6.07, 6.45) is 8.20. The molecule has 2 aromatic rings. The molecule has 166 valence electrons. The van der Waals surface area contributed by atoms with Gasteiger partial charge in [0.25, 0.3) is 0 Å². The van der Waals surface area contributed by atoms with Gasteiger partial charge in [-0.15, -0.1) is 5.10 Å². The van der Waals surface area contributed by atoms with Crippen molar-refractivity contribution in [3.05, 3.63) is 18.2 Å². The summed E-state index contributed by atoms with van der Waals surface area (Å²) >= 11 is 0. The van der Waals surface area contributed by atoms with Gasteiger partial charge in [0.05, 0.1) is 10.4 Å². The second-order valence-electron chi connectivity index (χ2n) is 7.91. The topological polar surface area (TPSA) is 97.2 Å². The number of amides is 1. The Kier molecular flexibility index (Phi) is 7.82. The molecule has 9 heteroatoms. The molecule has 0 atom stereocenters. The quantitative estimate of drug-likeness (QED) is 0.611. The third-order valence-electron chi connectivity index (χ3n) is 5.82. The van der Waals surface area contributed by atoms with E-state index in [9.17, 15) is 13.2 Å². The number of carbonyl (C=O) groups is 1. The van der Waals surface area contributed by atoms with E-state index in [1.807, 2.05) is 13.8 Å². The molecule has 0 spiro atoms. The highest BCUT2D eigenvalue weighted by Gasteiger charge is 2.22. The van der Waals surface area contributed by atoms with Crippen LogP contribution in [0.3, 0.4) is 0 Å². The van der Waals surface area contributed by atoms with Gasteiger partial charge >= 0.3 is 0 Å². The molecule has 0 bridgehead atoms. The van der Waals surface area contributed by atoms with Crippen LogP contribution in [0.5, 0.6) is 0 Å². The van der Waals surface area contributed by atoms with Crippen LogP contribution in [0.1, 0.15) is 65.2 Å². The van der Waals surface area contributed by atoms with Gasteiger partial charge in [-0.25, -0.2) is 13.1 Å². The molecule has 1 saturated carbocycles. The fraction of sp³-hybridized carbons (Fsp3) is 0.667. The number of sulfonamides is 1. The molecule has 3 rings (SSSR count). The number of aryl methyl sites for hydroxylation is 1. The highest BCUT2D eigenvalue weighted by atomic mass is 32.2. The first kappa shape index (κ1) is 22.7. The average molecular weight is 436 g/mol. The number of rotatable bonds is 9. The molecule has 1 aromatic carbocycles. The van der Waals surface area contributed by atoms with E-state index in [1.165, 1.54) is 30.0 Å². The lowest BCUT2D eigenvalue weighted by Crippen LogP contribution is -2.34. The van der Waals surface area contributed by atoms with Gasteiger partial charge in [-0.3, -0.25) is 4.79 Å². The third-order valence-corrected chi connectivity index (χ3v) is 7.87. The maximum atomic E-state index is 12.7. The van der Waals surface area contributed by atoms with Crippen LogP contribution in [-0.2, 0) is 21.4 Å². The lowest BCUT2D eigenvalue weighted by Gasteiger charge is -2.18. The van der Waals surface area contributed by atoms with Crippen molar-refractivity contribution in [1.82, 2.24) is 24.6 Å². The smallest absolute Gasteiger partial charge is 0.243 e. The van der Waals surface area contributed by atoms with E-state index >= 15 is 0 Å². The molecule has 1 fully saturated rings. The molecule has 1 N–H and O–H groups in total. The predicted molar refractivity (Wildman–Crippen MR) is 117 cm³/mol. The number of benzene rings is 1. The van der Waals surface area contributed by atoms with Crippen LogP contribution in [0.4, 0.5) is 0 Å². The summed E-state index contributed by atoms with van der Waals surface area (Å²) in [6, 6.07) is 5.25. The Morgan fingerprint density at radius 3 is 2.53 bits per heavy atom. The highest BCUT2D eigenvalue weighted by Crippen LogP contribution is 2.21. The van der Waals surface area contributed by atoms with Crippen molar-refractivity contribution in [3.63, 3.8) is 0 Å². The second kappa shape index (κ2) is 10.3. The van der Waals surface area contributed by atoms with Crippen molar-refractivity contribution in [1.29, 1.82) is 0 Å². The van der Waals surface area contributed by atoms with Gasteiger partial charge < -0.3 is 5.32 Å². The van der Waals surface area contributed by atoms with Gasteiger partial charge in [-0.2, -0.15) is 4.31 Å². The first-order valence-corrected chi connectivity index (χ1v) is 12.5. The highest BCUT2D eigenvalue weighted by molar-refractivity contribution is 7.89. The van der Waals surface area contributed by atoms with E-state index < -0.39 is 10.0 Å². The summed E-state index contributed by atoms with van der Waals surface area (Å²) < 4.78 is 28.6. The number of fused-ring (bicyclic) bond motifs is 1. The molecule has 0 unspecified atom stereocenters. The van der Waals surface area contributed by atoms with Crippen molar-refractivity contribution in [3.8, 4) is 0 Å². The molecule has 1 amide bonds. The maximum Gasteiger partial charge on any atom is 0.243 e. The fourth-order valence-electron chi connectivity index (χ4n) is 4.10. The number of hydrogen-bond donors (Lipinski definition) is 1. The molecule has 1 aliphatic rings. The summed E-state index contributed by atoms with van der Waals surface area (Å²) in [6.45, 7) is 5.05. The standard InChI is InChI=1S/C21H33N5O3S/c1-3-25(4-2)30(28,29)18-13-14-20-19(16-18)23-24-26(20)15-9-12-21(27)22-17-10-7-5-6-8-11-17/h13-14,16-17H,3-12,15H2,1-2H3,(H,22,27). The van der Waals surface area contributed by atoms with E-state index in [2.05, 4.69) is 15.6 Å². The lowest BCUT2D eigenvalue weighted by molar-refractivity contribution is -0.122. The van der Waals surface area contributed by atoms with Gasteiger partial charge in [0, 0.05) is 32.1 Å². The van der Waals surface area contributed by atoms with Crippen LogP contribution in [0.15, 0.2) is 23.1 Å². The van der Waals surface area contributed by atoms with Gasteiger partial charge in [0.2, 0.25) is 15.9 Å². The van der Waals surface area contributed by atoms with E-state index in [1.54, 1.807) is 22.9 Å². The summed E-state index contributed by atoms with van der Waals surface area (Å²) in [5, 5.41) is 11.5. The van der Waals surface area contributed by atoms with Gasteiger partial charge in [-0.1, -0.05) is 44.7 Å². The number of carbonyl (C=O) groups excluding carboxylic acids is 1. The minimum absolute atomic E-state index is 0.0962. The minimum Gasteiger partial charge on any atom is -0.353 e. The van der Waals surface area contributed by atoms with Crippen molar-refractivity contribution in [2.24, 2.45) is 0 Å². The zero-order valence-electron chi connectivity index (χ0n) is 18.0. The van der Waals surface area contributed by atoms with E-state index in [0.29, 0.717) is 44.0 Å². The average Bonchev–Trinajstić information content (AvgIpc) is 2.95. The van der Waals surface area contributed by atoms with Crippen LogP contribution in [-0.4, -0.2) is 52.8 Å². The molecular weight excluding hydrogens is 402 g/mol.